The molecule has 0 unspecified atom stereocenters. The number of nitrogens with two attached hydrogens (primary N) is 1. The van der Waals surface area contributed by atoms with Gasteiger partial charge < -0.3 is 11.2 Å². The molecule has 0 aromatic heterocycles. The van der Waals surface area contributed by atoms with E-state index in [9.17, 15) is 4.79 Å². The average molecular weight is 207 g/mol. The van der Waals surface area contributed by atoms with Crippen molar-refractivity contribution in [1.82, 2.24) is 10.9 Å². The summed E-state index contributed by atoms with van der Waals surface area (Å²) in [4.78, 5) is 10.6. The Labute approximate surface area is 89.3 Å². The summed E-state index contributed by atoms with van der Waals surface area (Å²) in [5, 5.41) is 0. The van der Waals surface area contributed by atoms with E-state index in [1.54, 1.807) is 0 Å². The van der Waals surface area contributed by atoms with E-state index in [2.05, 4.69) is 16.9 Å². The third-order valence-corrected chi connectivity index (χ3v) is 4.18. The van der Waals surface area contributed by atoms with Crippen LogP contribution in [0.4, 0.5) is 4.79 Å². The zero-order valence-electron chi connectivity index (χ0n) is 8.70. The Hall–Kier alpha value is -1.19. The normalized spacial score (nSPS) is 41.2. The molecule has 15 heavy (non-hydrogen) atoms. The number of urea groups is 1. The zero-order chi connectivity index (χ0) is 10.4. The van der Waals surface area contributed by atoms with Gasteiger partial charge in [0.15, 0.2) is 0 Å². The fraction of sp³-hybridized carbons (Fsp3) is 0.727. The number of primary amides is 1. The Kier molecular flexibility index (Phi) is 1.90. The number of hydrogen-bond acceptors (Lipinski definition) is 2. The van der Waals surface area contributed by atoms with Gasteiger partial charge in [-0.05, 0) is 43.4 Å². The summed E-state index contributed by atoms with van der Waals surface area (Å²) >= 11 is 0. The molecule has 4 nitrogen and oxygen atoms in total. The van der Waals surface area contributed by atoms with Crippen molar-refractivity contribution in [3.8, 4) is 0 Å². The van der Waals surface area contributed by atoms with Gasteiger partial charge in [-0.1, -0.05) is 6.08 Å². The smallest absolute Gasteiger partial charge is 0.330 e. The molecule has 0 heterocycles. The molecule has 3 bridgehead atoms. The van der Waals surface area contributed by atoms with Gasteiger partial charge in [0.25, 0.3) is 0 Å². The molecule has 4 heteroatoms. The van der Waals surface area contributed by atoms with E-state index in [4.69, 9.17) is 5.73 Å². The Morgan fingerprint density at radius 1 is 1.33 bits per heavy atom. The van der Waals surface area contributed by atoms with Gasteiger partial charge >= 0.3 is 6.03 Å². The van der Waals surface area contributed by atoms with Gasteiger partial charge in [0.1, 0.15) is 0 Å². The molecule has 4 N–H and O–H groups in total. The minimum Gasteiger partial charge on any atom is -0.350 e. The molecule has 0 aliphatic heterocycles. The van der Waals surface area contributed by atoms with Gasteiger partial charge in [-0.2, -0.15) is 0 Å². The highest BCUT2D eigenvalue weighted by atomic mass is 16.2. The van der Waals surface area contributed by atoms with E-state index in [0.29, 0.717) is 5.92 Å². The summed E-state index contributed by atoms with van der Waals surface area (Å²) in [6, 6.07) is -0.511. The first-order valence-electron chi connectivity index (χ1n) is 5.75. The Balaban J connectivity index is 1.76. The number of carbonyl (C=O) groups is 1. The zero-order valence-corrected chi connectivity index (χ0v) is 8.70. The van der Waals surface area contributed by atoms with Crippen molar-refractivity contribution in [3.63, 3.8) is 0 Å². The molecular formula is C11H17N3O. The van der Waals surface area contributed by atoms with Gasteiger partial charge in [-0.25, -0.2) is 4.79 Å². The largest absolute Gasteiger partial charge is 0.350 e. The van der Waals surface area contributed by atoms with Gasteiger partial charge in [0.05, 0.1) is 0 Å². The van der Waals surface area contributed by atoms with Crippen LogP contribution in [0.2, 0.25) is 0 Å². The van der Waals surface area contributed by atoms with Crippen LogP contribution in [0.5, 0.6) is 0 Å². The summed E-state index contributed by atoms with van der Waals surface area (Å²) in [5.74, 6) is 3.13. The number of carbonyl (C=O) groups excluding carboxylic acids is 1. The second-order valence-electron chi connectivity index (χ2n) is 5.17. The van der Waals surface area contributed by atoms with Crippen molar-refractivity contribution < 1.29 is 4.79 Å². The summed E-state index contributed by atoms with van der Waals surface area (Å²) in [7, 11) is 0. The highest BCUT2D eigenvalue weighted by Gasteiger charge is 2.45. The van der Waals surface area contributed by atoms with Gasteiger partial charge in [-0.3, -0.25) is 5.43 Å². The summed E-state index contributed by atoms with van der Waals surface area (Å²) in [6.45, 7) is 0. The molecule has 2 amide bonds. The lowest BCUT2D eigenvalue weighted by atomic mass is 9.75. The summed E-state index contributed by atoms with van der Waals surface area (Å²) < 4.78 is 0. The van der Waals surface area contributed by atoms with Crippen molar-refractivity contribution in [2.24, 2.45) is 29.4 Å². The van der Waals surface area contributed by atoms with Crippen LogP contribution >= 0.6 is 0 Å². The van der Waals surface area contributed by atoms with Crippen molar-refractivity contribution in [2.45, 2.75) is 25.7 Å². The standard InChI is InChI=1S/C11H17N3O/c12-11(15)14-13-10-5-7-1-6-2-8(3-7)9(10)4-6/h5-9,13H,1-4H2,(H3,12,14,15)/t6-,7+,8-,9-/m0/s1. The lowest BCUT2D eigenvalue weighted by Crippen LogP contribution is -2.43. The van der Waals surface area contributed by atoms with Crippen LogP contribution in [0.15, 0.2) is 11.8 Å². The maximum atomic E-state index is 10.6. The molecule has 0 radical (unpaired) electrons. The Morgan fingerprint density at radius 2 is 2.20 bits per heavy atom. The first-order chi connectivity index (χ1) is 7.22. The van der Waals surface area contributed by atoms with E-state index < -0.39 is 6.03 Å². The second kappa shape index (κ2) is 3.15. The molecule has 2 fully saturated rings. The molecule has 0 aromatic rings. The second-order valence-corrected chi connectivity index (χ2v) is 5.17. The summed E-state index contributed by atoms with van der Waals surface area (Å²) in [6.07, 6.45) is 7.67. The number of hydrazine groups is 1. The lowest BCUT2D eigenvalue weighted by Gasteiger charge is -2.33. The van der Waals surface area contributed by atoms with Crippen LogP contribution in [0.25, 0.3) is 0 Å². The highest BCUT2D eigenvalue weighted by Crippen LogP contribution is 2.53. The number of amides is 2. The molecule has 0 aromatic carbocycles. The van der Waals surface area contributed by atoms with Crippen LogP contribution in [0, 0.1) is 23.7 Å². The molecule has 3 aliphatic carbocycles. The minimum absolute atomic E-state index is 0.511. The number of nitrogens with one attached hydrogen (secondary N) is 2. The fourth-order valence-electron chi connectivity index (χ4n) is 3.77. The number of hydrogen-bond donors (Lipinski definition) is 3. The lowest BCUT2D eigenvalue weighted by molar-refractivity contribution is 0.240. The van der Waals surface area contributed by atoms with Gasteiger partial charge in [-0.15, -0.1) is 0 Å². The summed E-state index contributed by atoms with van der Waals surface area (Å²) in [5.41, 5.74) is 11.7. The Bertz CT molecular complexity index is 324. The van der Waals surface area contributed by atoms with Crippen LogP contribution < -0.4 is 16.6 Å². The Morgan fingerprint density at radius 3 is 3.00 bits per heavy atom. The first-order valence-corrected chi connectivity index (χ1v) is 5.75. The molecule has 0 saturated heterocycles. The molecule has 82 valence electrons. The van der Waals surface area contributed by atoms with E-state index in [1.807, 2.05) is 0 Å². The van der Waals surface area contributed by atoms with E-state index in [0.717, 1.165) is 17.8 Å². The average Bonchev–Trinajstić information content (AvgIpc) is 2.40. The van der Waals surface area contributed by atoms with E-state index in [-0.39, 0.29) is 0 Å². The maximum Gasteiger partial charge on any atom is 0.330 e. The maximum absolute atomic E-state index is 10.6. The third-order valence-electron chi connectivity index (χ3n) is 4.18. The number of allylic oxidation sites excluding steroid dienone is 2. The van der Waals surface area contributed by atoms with Crippen molar-refractivity contribution >= 4 is 6.03 Å². The number of fused-ring (bicyclic) bond motifs is 2. The SMILES string of the molecule is NC(=O)NNC1=C[C@@H]2C[C@H]3C[C@@H](C2)[C@@H]1C3. The van der Waals surface area contributed by atoms with Gasteiger partial charge in [0.2, 0.25) is 0 Å². The monoisotopic (exact) mass is 207 g/mol. The van der Waals surface area contributed by atoms with Crippen molar-refractivity contribution in [1.29, 1.82) is 0 Å². The molecule has 2 saturated carbocycles. The molecular weight excluding hydrogens is 190 g/mol. The van der Waals surface area contributed by atoms with Crippen LogP contribution in [-0.2, 0) is 0 Å². The fourth-order valence-corrected chi connectivity index (χ4v) is 3.77. The molecule has 3 aliphatic rings. The molecule has 4 atom stereocenters. The predicted octanol–water partition coefficient (Wildman–Crippen LogP) is 1.11. The third kappa shape index (κ3) is 1.48. The van der Waals surface area contributed by atoms with Crippen LogP contribution in [0.3, 0.4) is 0 Å². The van der Waals surface area contributed by atoms with Crippen molar-refractivity contribution in [2.75, 3.05) is 0 Å². The van der Waals surface area contributed by atoms with Crippen LogP contribution in [-0.4, -0.2) is 6.03 Å². The first kappa shape index (κ1) is 9.07. The van der Waals surface area contributed by atoms with E-state index >= 15 is 0 Å². The van der Waals surface area contributed by atoms with Crippen molar-refractivity contribution in [3.05, 3.63) is 11.8 Å². The quantitative estimate of drug-likeness (QED) is 0.594. The minimum atomic E-state index is -0.511. The molecule has 3 rings (SSSR count). The topological polar surface area (TPSA) is 67.2 Å². The molecule has 0 spiro atoms. The van der Waals surface area contributed by atoms with Crippen LogP contribution in [0.1, 0.15) is 25.7 Å². The predicted molar refractivity (Wildman–Crippen MR) is 56.4 cm³/mol. The van der Waals surface area contributed by atoms with E-state index in [1.165, 1.54) is 31.4 Å². The van der Waals surface area contributed by atoms with Gasteiger partial charge in [0, 0.05) is 11.6 Å². The highest BCUT2D eigenvalue weighted by molar-refractivity contribution is 5.71. The number of rotatable bonds is 2.